The number of methoxy groups -OCH3 is 1. The van der Waals surface area contributed by atoms with Crippen LogP contribution in [0.15, 0.2) is 48.5 Å². The molecule has 28 heavy (non-hydrogen) atoms. The number of hydrogen-bond donors (Lipinski definition) is 1. The van der Waals surface area contributed by atoms with Crippen LogP contribution in [-0.4, -0.2) is 48.7 Å². The van der Waals surface area contributed by atoms with Gasteiger partial charge in [0.1, 0.15) is 0 Å². The molecule has 0 bridgehead atoms. The number of carboxylic acids is 1. The molecule has 0 aromatic heterocycles. The van der Waals surface area contributed by atoms with Gasteiger partial charge in [-0.1, -0.05) is 36.4 Å². The van der Waals surface area contributed by atoms with Crippen molar-refractivity contribution in [1.29, 1.82) is 0 Å². The molecule has 6 nitrogen and oxygen atoms in total. The van der Waals surface area contributed by atoms with Crippen molar-refractivity contribution in [2.24, 2.45) is 5.92 Å². The first-order chi connectivity index (χ1) is 13.6. The predicted molar refractivity (Wildman–Crippen MR) is 105 cm³/mol. The second-order valence-electron chi connectivity index (χ2n) is 6.90. The molecule has 1 saturated heterocycles. The molecule has 3 rings (SSSR count). The highest BCUT2D eigenvalue weighted by Crippen LogP contribution is 2.29. The number of nitrogens with zero attached hydrogens (tertiary/aromatic N) is 1. The number of hydrogen-bond acceptors (Lipinski definition) is 4. The molecule has 1 aliphatic heterocycles. The van der Waals surface area contributed by atoms with Crippen LogP contribution in [0.1, 0.15) is 17.5 Å². The van der Waals surface area contributed by atoms with Gasteiger partial charge in [-0.25, -0.2) is 0 Å². The molecule has 6 heteroatoms. The van der Waals surface area contributed by atoms with Gasteiger partial charge in [-0.2, -0.15) is 0 Å². The maximum absolute atomic E-state index is 11.9. The predicted octanol–water partition coefficient (Wildman–Crippen LogP) is 2.79. The molecule has 2 aromatic carbocycles. The molecule has 0 spiro atoms. The zero-order valence-corrected chi connectivity index (χ0v) is 16.0. The van der Waals surface area contributed by atoms with E-state index in [1.54, 1.807) is 12.0 Å². The minimum Gasteiger partial charge on any atom is -0.493 e. The molecule has 0 saturated carbocycles. The molecule has 2 aromatic rings. The molecule has 0 radical (unpaired) electrons. The quantitative estimate of drug-likeness (QED) is 0.721. The second-order valence-corrected chi connectivity index (χ2v) is 6.90. The van der Waals surface area contributed by atoms with Crippen LogP contribution in [-0.2, 0) is 22.4 Å². The number of benzene rings is 2. The third kappa shape index (κ3) is 5.03. The highest BCUT2D eigenvalue weighted by Gasteiger charge is 2.33. The van der Waals surface area contributed by atoms with Crippen molar-refractivity contribution in [3.05, 3.63) is 59.7 Å². The van der Waals surface area contributed by atoms with E-state index in [1.807, 2.05) is 36.4 Å². The maximum atomic E-state index is 11.9. The fourth-order valence-electron chi connectivity index (χ4n) is 3.33. The number of carboxylic acid groups (broad SMARTS) is 1. The zero-order valence-electron chi connectivity index (χ0n) is 16.0. The lowest BCUT2D eigenvalue weighted by atomic mass is 10.1. The Kier molecular flexibility index (Phi) is 6.53. The Hall–Kier alpha value is -3.02. The summed E-state index contributed by atoms with van der Waals surface area (Å²) in [7, 11) is 1.60. The number of aliphatic carboxylic acids is 1. The normalized spacial score (nSPS) is 16.2. The minimum atomic E-state index is -0.908. The van der Waals surface area contributed by atoms with E-state index in [1.165, 1.54) is 5.56 Å². The van der Waals surface area contributed by atoms with E-state index in [4.69, 9.17) is 14.6 Å². The average molecular weight is 383 g/mol. The number of ether oxygens (including phenoxy) is 2. The molecule has 1 heterocycles. The molecule has 1 fully saturated rings. The van der Waals surface area contributed by atoms with Crippen molar-refractivity contribution in [2.75, 3.05) is 26.8 Å². The lowest BCUT2D eigenvalue weighted by Gasteiger charge is -2.17. The van der Waals surface area contributed by atoms with Crippen LogP contribution >= 0.6 is 0 Å². The Morgan fingerprint density at radius 2 is 1.89 bits per heavy atom. The summed E-state index contributed by atoms with van der Waals surface area (Å²) in [6.45, 7) is 1.34. The van der Waals surface area contributed by atoms with Gasteiger partial charge in [0, 0.05) is 25.9 Å². The van der Waals surface area contributed by atoms with Gasteiger partial charge in [-0.05, 0) is 29.7 Å². The molecule has 148 valence electrons. The third-order valence-electron chi connectivity index (χ3n) is 4.95. The van der Waals surface area contributed by atoms with E-state index >= 15 is 0 Å². The Morgan fingerprint density at radius 3 is 2.57 bits per heavy atom. The Morgan fingerprint density at radius 1 is 1.11 bits per heavy atom. The van der Waals surface area contributed by atoms with Crippen LogP contribution in [0, 0.1) is 5.92 Å². The molecule has 1 N–H and O–H groups in total. The second kappa shape index (κ2) is 9.26. The van der Waals surface area contributed by atoms with Crippen LogP contribution in [0.4, 0.5) is 0 Å². The summed E-state index contributed by atoms with van der Waals surface area (Å²) in [6.07, 6.45) is 1.54. The van der Waals surface area contributed by atoms with Crippen molar-refractivity contribution >= 4 is 11.9 Å². The number of carbonyl (C=O) groups is 2. The molecule has 1 atom stereocenters. The number of likely N-dealkylation sites (tertiary alicyclic amines) is 1. The Bertz CT molecular complexity index is 821. The lowest BCUT2D eigenvalue weighted by molar-refractivity contribution is -0.141. The number of amides is 1. The van der Waals surface area contributed by atoms with Crippen LogP contribution < -0.4 is 9.47 Å². The summed E-state index contributed by atoms with van der Waals surface area (Å²) < 4.78 is 11.3. The molecule has 1 aliphatic rings. The summed E-state index contributed by atoms with van der Waals surface area (Å²) in [5, 5.41) is 9.07. The molecular formula is C22H25NO5. The minimum absolute atomic E-state index is 0.0901. The highest BCUT2D eigenvalue weighted by molar-refractivity contribution is 5.86. The van der Waals surface area contributed by atoms with Crippen molar-refractivity contribution < 1.29 is 24.2 Å². The van der Waals surface area contributed by atoms with Gasteiger partial charge < -0.3 is 19.5 Å². The first-order valence-corrected chi connectivity index (χ1v) is 9.41. The van der Waals surface area contributed by atoms with Gasteiger partial charge in [0.2, 0.25) is 5.91 Å². The summed E-state index contributed by atoms with van der Waals surface area (Å²) in [5.74, 6) is -0.260. The van der Waals surface area contributed by atoms with E-state index in [2.05, 4.69) is 12.1 Å². The topological polar surface area (TPSA) is 76.1 Å². The Balaban J connectivity index is 1.54. The van der Waals surface area contributed by atoms with E-state index in [0.717, 1.165) is 12.0 Å². The van der Waals surface area contributed by atoms with Crippen molar-refractivity contribution in [3.8, 4) is 11.5 Å². The van der Waals surface area contributed by atoms with Crippen molar-refractivity contribution in [2.45, 2.75) is 19.3 Å². The van der Waals surface area contributed by atoms with Gasteiger partial charge in [0.05, 0.1) is 19.6 Å². The zero-order chi connectivity index (χ0) is 19.9. The first kappa shape index (κ1) is 19.7. The van der Waals surface area contributed by atoms with Crippen LogP contribution in [0.3, 0.4) is 0 Å². The summed E-state index contributed by atoms with van der Waals surface area (Å²) >= 11 is 0. The van der Waals surface area contributed by atoms with Gasteiger partial charge in [-0.15, -0.1) is 0 Å². The number of carbonyl (C=O) groups excluding carboxylic acids is 1. The number of rotatable bonds is 9. The maximum Gasteiger partial charge on any atom is 0.308 e. The average Bonchev–Trinajstić information content (AvgIpc) is 3.09. The highest BCUT2D eigenvalue weighted by atomic mass is 16.5. The Labute approximate surface area is 164 Å². The van der Waals surface area contributed by atoms with Crippen LogP contribution in [0.5, 0.6) is 11.5 Å². The van der Waals surface area contributed by atoms with Crippen molar-refractivity contribution in [1.82, 2.24) is 4.90 Å². The molecule has 0 aliphatic carbocycles. The fourth-order valence-corrected chi connectivity index (χ4v) is 3.33. The fraction of sp³-hybridized carbons (Fsp3) is 0.364. The third-order valence-corrected chi connectivity index (χ3v) is 4.95. The van der Waals surface area contributed by atoms with Crippen molar-refractivity contribution in [3.63, 3.8) is 0 Å². The lowest BCUT2D eigenvalue weighted by Crippen LogP contribution is -2.28. The van der Waals surface area contributed by atoms with E-state index < -0.39 is 11.9 Å². The van der Waals surface area contributed by atoms with E-state index in [0.29, 0.717) is 31.1 Å². The van der Waals surface area contributed by atoms with E-state index in [-0.39, 0.29) is 18.9 Å². The van der Waals surface area contributed by atoms with Gasteiger partial charge in [0.15, 0.2) is 11.5 Å². The van der Waals surface area contributed by atoms with E-state index in [9.17, 15) is 9.59 Å². The van der Waals surface area contributed by atoms with Gasteiger partial charge >= 0.3 is 5.97 Å². The molecule has 1 amide bonds. The SMILES string of the molecule is COc1cc(CCN2CC(C(=O)O)CC2=O)ccc1OCCc1ccccc1. The van der Waals surface area contributed by atoms with Crippen LogP contribution in [0.2, 0.25) is 0 Å². The summed E-state index contributed by atoms with van der Waals surface area (Å²) in [5.41, 5.74) is 2.23. The summed E-state index contributed by atoms with van der Waals surface area (Å²) in [4.78, 5) is 24.6. The monoisotopic (exact) mass is 383 g/mol. The summed E-state index contributed by atoms with van der Waals surface area (Å²) in [6, 6.07) is 15.9. The van der Waals surface area contributed by atoms with Crippen LogP contribution in [0.25, 0.3) is 0 Å². The van der Waals surface area contributed by atoms with Gasteiger partial charge in [0.25, 0.3) is 0 Å². The molecular weight excluding hydrogens is 358 g/mol. The smallest absolute Gasteiger partial charge is 0.308 e. The first-order valence-electron chi connectivity index (χ1n) is 9.41. The largest absolute Gasteiger partial charge is 0.493 e. The standard InChI is InChI=1S/C22H25NO5/c1-27-20-13-17(9-11-23-15-18(22(25)26)14-21(23)24)7-8-19(20)28-12-10-16-5-3-2-4-6-16/h2-8,13,18H,9-12,14-15H2,1H3,(H,25,26). The van der Waals surface area contributed by atoms with Gasteiger partial charge in [-0.3, -0.25) is 9.59 Å². The molecule has 1 unspecified atom stereocenters.